The van der Waals surface area contributed by atoms with E-state index in [9.17, 15) is 9.59 Å². The molecule has 0 saturated heterocycles. The number of para-hydroxylation sites is 1. The highest BCUT2D eigenvalue weighted by molar-refractivity contribution is 7.71. The van der Waals surface area contributed by atoms with E-state index in [1.165, 1.54) is 9.44 Å². The van der Waals surface area contributed by atoms with Crippen molar-refractivity contribution in [3.63, 3.8) is 0 Å². The number of fused-ring (bicyclic) bond motifs is 3. The Morgan fingerprint density at radius 2 is 1.86 bits per heavy atom. The minimum Gasteiger partial charge on any atom is -0.323 e. The fourth-order valence-corrected chi connectivity index (χ4v) is 5.71. The summed E-state index contributed by atoms with van der Waals surface area (Å²) in [5, 5.41) is 0.681. The van der Waals surface area contributed by atoms with Crippen LogP contribution in [-0.4, -0.2) is 18.9 Å². The molecule has 3 aromatic heterocycles. The number of hydrogen-bond acceptors (Lipinski definition) is 4. The van der Waals surface area contributed by atoms with Gasteiger partial charge >= 0.3 is 0 Å². The summed E-state index contributed by atoms with van der Waals surface area (Å²) in [7, 11) is 1.81. The van der Waals surface area contributed by atoms with E-state index < -0.39 is 0 Å². The topological polar surface area (TPSA) is 64.7 Å². The summed E-state index contributed by atoms with van der Waals surface area (Å²) >= 11 is 7.11. The number of H-pyrrole nitrogens is 1. The first-order chi connectivity index (χ1) is 13.5. The predicted molar refractivity (Wildman–Crippen MR) is 114 cm³/mol. The van der Waals surface area contributed by atoms with E-state index in [2.05, 4.69) is 4.98 Å². The lowest BCUT2D eigenvalue weighted by Gasteiger charge is -2.07. The quantitative estimate of drug-likeness (QED) is 0.515. The normalized spacial score (nSPS) is 13.4. The van der Waals surface area contributed by atoms with E-state index in [-0.39, 0.29) is 15.9 Å². The van der Waals surface area contributed by atoms with Crippen LogP contribution in [0.4, 0.5) is 0 Å². The molecule has 0 amide bonds. The molecule has 1 aliphatic carbocycles. The van der Waals surface area contributed by atoms with Crippen molar-refractivity contribution in [2.24, 2.45) is 7.05 Å². The number of thiophene rings is 1. The molecule has 0 aliphatic heterocycles. The number of aromatic amines is 1. The number of nitrogens with zero attached hydrogens (tertiary/aromatic N) is 3. The van der Waals surface area contributed by atoms with Gasteiger partial charge in [-0.15, -0.1) is 11.3 Å². The molecule has 1 aromatic carbocycles. The van der Waals surface area contributed by atoms with Crippen molar-refractivity contribution in [3.8, 4) is 11.4 Å². The summed E-state index contributed by atoms with van der Waals surface area (Å²) in [5.41, 5.74) is 2.37. The van der Waals surface area contributed by atoms with Crippen LogP contribution >= 0.6 is 23.6 Å². The molecule has 0 atom stereocenters. The first-order valence-electron chi connectivity index (χ1n) is 9.13. The third-order valence-electron chi connectivity index (χ3n) is 5.51. The third kappa shape index (κ3) is 2.28. The fraction of sp³-hybridized carbons (Fsp3) is 0.250. The van der Waals surface area contributed by atoms with Gasteiger partial charge in [0.2, 0.25) is 0 Å². The molecule has 4 aromatic rings. The van der Waals surface area contributed by atoms with Gasteiger partial charge in [0.05, 0.1) is 16.8 Å². The lowest BCUT2D eigenvalue weighted by atomic mass is 10.2. The average Bonchev–Trinajstić information content (AvgIpc) is 3.31. The lowest BCUT2D eigenvalue weighted by Crippen LogP contribution is -2.27. The second-order valence-electron chi connectivity index (χ2n) is 7.04. The highest BCUT2D eigenvalue weighted by atomic mass is 32.1. The zero-order chi connectivity index (χ0) is 19.6. The van der Waals surface area contributed by atoms with Crippen molar-refractivity contribution in [1.82, 2.24) is 18.9 Å². The van der Waals surface area contributed by atoms with Gasteiger partial charge < -0.3 is 4.98 Å². The van der Waals surface area contributed by atoms with E-state index in [0.717, 1.165) is 35.3 Å². The molecule has 0 fully saturated rings. The van der Waals surface area contributed by atoms with Crippen LogP contribution in [0.15, 0.2) is 39.9 Å². The van der Waals surface area contributed by atoms with Crippen molar-refractivity contribution in [3.05, 3.63) is 71.9 Å². The van der Waals surface area contributed by atoms with Crippen LogP contribution in [0.1, 0.15) is 22.6 Å². The standard InChI is InChI=1S/C20H18N4O2S2/c1-11-16(19(26)24(22(11)2)12-7-4-3-5-8-12)23-18(25)15-13-9-6-10-14(13)28-17(15)21-20(23)27/h3-5,7-8H,6,9-10H2,1-2H3,(H,21,27). The second kappa shape index (κ2) is 6.15. The Labute approximate surface area is 169 Å². The summed E-state index contributed by atoms with van der Waals surface area (Å²) in [6.45, 7) is 1.83. The molecule has 0 radical (unpaired) electrons. The monoisotopic (exact) mass is 410 g/mol. The van der Waals surface area contributed by atoms with Crippen molar-refractivity contribution >= 4 is 33.8 Å². The van der Waals surface area contributed by atoms with Crippen LogP contribution in [0, 0.1) is 11.7 Å². The first-order valence-corrected chi connectivity index (χ1v) is 10.4. The summed E-state index contributed by atoms with van der Waals surface area (Å²) in [6, 6.07) is 9.38. The number of benzene rings is 1. The van der Waals surface area contributed by atoms with Gasteiger partial charge in [0.25, 0.3) is 11.1 Å². The number of hydrogen-bond donors (Lipinski definition) is 1. The molecule has 142 valence electrons. The van der Waals surface area contributed by atoms with Gasteiger partial charge in [-0.2, -0.15) is 0 Å². The molecule has 8 heteroatoms. The fourth-order valence-electron chi connectivity index (χ4n) is 4.09. The van der Waals surface area contributed by atoms with E-state index in [1.54, 1.807) is 20.7 Å². The Hall–Kier alpha value is -2.71. The molecule has 1 aliphatic rings. The molecule has 3 heterocycles. The van der Waals surface area contributed by atoms with Gasteiger partial charge in [-0.25, -0.2) is 9.25 Å². The van der Waals surface area contributed by atoms with E-state index >= 15 is 0 Å². The Morgan fingerprint density at radius 3 is 2.61 bits per heavy atom. The smallest absolute Gasteiger partial charge is 0.296 e. The lowest BCUT2D eigenvalue weighted by molar-refractivity contribution is 0.630. The molecular formula is C20H18N4O2S2. The van der Waals surface area contributed by atoms with Crippen LogP contribution in [0.2, 0.25) is 0 Å². The number of rotatable bonds is 2. The number of nitrogens with one attached hydrogen (secondary N) is 1. The molecule has 0 unspecified atom stereocenters. The molecule has 6 nitrogen and oxygen atoms in total. The van der Waals surface area contributed by atoms with Crippen LogP contribution in [0.25, 0.3) is 21.6 Å². The van der Waals surface area contributed by atoms with Crippen molar-refractivity contribution in [1.29, 1.82) is 0 Å². The predicted octanol–water partition coefficient (Wildman–Crippen LogP) is 3.40. The Kier molecular flexibility index (Phi) is 3.82. The van der Waals surface area contributed by atoms with Gasteiger partial charge in [0, 0.05) is 11.9 Å². The Bertz CT molecular complexity index is 1420. The number of aryl methyl sites for hydroxylation is 2. The minimum absolute atomic E-state index is 0.204. The minimum atomic E-state index is -0.265. The van der Waals surface area contributed by atoms with Gasteiger partial charge in [-0.05, 0) is 56.1 Å². The van der Waals surface area contributed by atoms with Crippen LogP contribution in [0.5, 0.6) is 0 Å². The maximum absolute atomic E-state index is 13.5. The summed E-state index contributed by atoms with van der Waals surface area (Å²) < 4.78 is 4.95. The molecule has 0 saturated carbocycles. The van der Waals surface area contributed by atoms with E-state index in [1.807, 2.05) is 44.3 Å². The zero-order valence-electron chi connectivity index (χ0n) is 15.5. The molecule has 1 N–H and O–H groups in total. The van der Waals surface area contributed by atoms with E-state index in [0.29, 0.717) is 16.8 Å². The third-order valence-corrected chi connectivity index (χ3v) is 7.00. The average molecular weight is 411 g/mol. The molecule has 28 heavy (non-hydrogen) atoms. The van der Waals surface area contributed by atoms with Crippen LogP contribution in [0.3, 0.4) is 0 Å². The maximum Gasteiger partial charge on any atom is 0.296 e. The maximum atomic E-state index is 13.5. The second-order valence-corrected chi connectivity index (χ2v) is 8.53. The number of aromatic nitrogens is 4. The Morgan fingerprint density at radius 1 is 1.11 bits per heavy atom. The van der Waals surface area contributed by atoms with Crippen LogP contribution < -0.4 is 11.1 Å². The Balaban J connectivity index is 1.87. The van der Waals surface area contributed by atoms with Crippen LogP contribution in [-0.2, 0) is 19.9 Å². The largest absolute Gasteiger partial charge is 0.323 e. The highest BCUT2D eigenvalue weighted by Gasteiger charge is 2.25. The van der Waals surface area contributed by atoms with Crippen molar-refractivity contribution in [2.75, 3.05) is 0 Å². The van der Waals surface area contributed by atoms with Gasteiger partial charge in [-0.3, -0.25) is 14.3 Å². The molecule has 0 bridgehead atoms. The SMILES string of the molecule is Cc1c(-n2c(=S)[nH]c3sc4c(c3c2=O)CCC4)c(=O)n(-c2ccccc2)n1C. The summed E-state index contributed by atoms with van der Waals surface area (Å²) in [6.07, 6.45) is 2.97. The first kappa shape index (κ1) is 17.4. The van der Waals surface area contributed by atoms with Crippen molar-refractivity contribution < 1.29 is 0 Å². The van der Waals surface area contributed by atoms with E-state index in [4.69, 9.17) is 12.2 Å². The van der Waals surface area contributed by atoms with Crippen molar-refractivity contribution in [2.45, 2.75) is 26.2 Å². The zero-order valence-corrected chi connectivity index (χ0v) is 17.1. The molecule has 5 rings (SSSR count). The molecular weight excluding hydrogens is 392 g/mol. The summed E-state index contributed by atoms with van der Waals surface area (Å²) in [5.74, 6) is 0. The summed E-state index contributed by atoms with van der Waals surface area (Å²) in [4.78, 5) is 32.1. The molecule has 0 spiro atoms. The van der Waals surface area contributed by atoms with Gasteiger partial charge in [-0.1, -0.05) is 18.2 Å². The highest BCUT2D eigenvalue weighted by Crippen LogP contribution is 2.34. The van der Waals surface area contributed by atoms with Gasteiger partial charge in [0.15, 0.2) is 4.77 Å². The van der Waals surface area contributed by atoms with Gasteiger partial charge in [0.1, 0.15) is 10.5 Å².